The molecule has 494 valence electrons. The van der Waals surface area contributed by atoms with Crippen molar-refractivity contribution in [1.82, 2.24) is 23.1 Å². The minimum atomic E-state index is -4.14. The molecular formula is C74H76F2N6O11S2. The highest BCUT2D eigenvalue weighted by atomic mass is 32.2. The van der Waals surface area contributed by atoms with Crippen LogP contribution in [0.2, 0.25) is 0 Å². The zero-order valence-electron chi connectivity index (χ0n) is 54.7. The Morgan fingerprint density at radius 1 is 0.568 bits per heavy atom. The molecule has 2 heterocycles. The van der Waals surface area contributed by atoms with E-state index in [-0.39, 0.29) is 62.6 Å². The van der Waals surface area contributed by atoms with E-state index in [9.17, 15) is 49.9 Å². The molecule has 95 heavy (non-hydrogen) atoms. The number of ether oxygens (including phenoxy) is 2. The van der Waals surface area contributed by atoms with Crippen LogP contribution in [-0.4, -0.2) is 118 Å². The van der Waals surface area contributed by atoms with Crippen LogP contribution in [0.4, 0.5) is 8.78 Å². The molecule has 0 bridgehead atoms. The summed E-state index contributed by atoms with van der Waals surface area (Å²) in [5.41, 5.74) is 9.17. The first-order valence-electron chi connectivity index (χ1n) is 30.8. The molecule has 2 aliphatic rings. The average Bonchev–Trinajstić information content (AvgIpc) is 0.774. The lowest BCUT2D eigenvalue weighted by Gasteiger charge is -2.39. The van der Waals surface area contributed by atoms with Gasteiger partial charge in [0.15, 0.2) is 0 Å². The van der Waals surface area contributed by atoms with Crippen molar-refractivity contribution in [2.24, 2.45) is 5.14 Å². The number of carboxylic acids is 1. The topological polar surface area (TPSA) is 226 Å². The van der Waals surface area contributed by atoms with E-state index in [0.717, 1.165) is 58.7 Å². The third kappa shape index (κ3) is 19.3. The largest absolute Gasteiger partial charge is 0.480 e. The summed E-state index contributed by atoms with van der Waals surface area (Å²) in [6, 6.07) is 54.6. The second-order valence-corrected chi connectivity index (χ2v) is 25.8. The molecule has 3 amide bonds. The molecule has 21 heteroatoms. The van der Waals surface area contributed by atoms with Crippen LogP contribution < -0.4 is 19.3 Å². The maximum atomic E-state index is 14.6. The SMILES string of the molecule is CN(C)S(N)(=O)=O.Cc1ccc2c(c1OCC#Cc1ccc(F)cc1)C[C@@H](C(=O)NS(=O)(=O)N(C)C)N(C(=O)C(c1ccccc1)c1ccccc1)C2.Cc1ccc2c(c1OCC#Cc1ccc(F)cc1)C[C@@H](C(=O)O)N(C(=O)C(c1ccccc1)c1ccccc1)C2.[2H]CC. The van der Waals surface area contributed by atoms with Crippen LogP contribution in [0.15, 0.2) is 194 Å². The van der Waals surface area contributed by atoms with Gasteiger partial charge in [0.05, 0.1) is 11.8 Å². The number of hydrogen-bond donors (Lipinski definition) is 3. The molecule has 17 nitrogen and oxygen atoms in total. The zero-order chi connectivity index (χ0) is 69.7. The van der Waals surface area contributed by atoms with Gasteiger partial charge in [-0.2, -0.15) is 25.4 Å². The standard InChI is InChI=1S/C36H34FN3O5S.C34H28FNO4.C2H8N2O2S.C2H6/c1-25-16-19-29-24-40(36(42)33(27-12-6-4-7-13-27)28-14-8-5-9-15-28)32(35(41)38-46(43,44)39(2)3)23-31(29)34(25)45-22-10-11-26-17-20-30(37)21-18-26;1-23-14-17-27-22-36(33(37)31(25-10-4-2-5-11-25)26-12-6-3-7-13-26)30(34(38)39)21-29(27)32(23)40-20-8-9-24-15-18-28(35)19-16-24;1-4(2)7(3,5)6;1-2/h4-9,12-21,32-33H,22-24H2,1-3H3,(H,38,41);2-7,10-19,30-31H,20-22H2,1H3,(H,38,39);1-2H3,(H2,3,5,6);1-2H3/t32-;30-;;/m00../s1/i;;;1D. The van der Waals surface area contributed by atoms with Crippen molar-refractivity contribution < 1.29 is 60.7 Å². The Labute approximate surface area is 556 Å². The summed E-state index contributed by atoms with van der Waals surface area (Å²) in [7, 11) is -2.17. The van der Waals surface area contributed by atoms with Crippen molar-refractivity contribution in [3.8, 4) is 35.2 Å². The van der Waals surface area contributed by atoms with Gasteiger partial charge in [0.1, 0.15) is 48.4 Å². The lowest BCUT2D eigenvalue weighted by Crippen LogP contribution is -2.55. The number of hydrogen-bond acceptors (Lipinski definition) is 10. The molecule has 4 N–H and O–H groups in total. The van der Waals surface area contributed by atoms with Gasteiger partial charge in [-0.1, -0.05) is 183 Å². The molecule has 0 aliphatic carbocycles. The number of halogens is 2. The minimum absolute atomic E-state index is 0.0211. The summed E-state index contributed by atoms with van der Waals surface area (Å²) in [5.74, 6) is 8.35. The molecule has 0 spiro atoms. The van der Waals surface area contributed by atoms with Crippen molar-refractivity contribution in [3.05, 3.63) is 273 Å². The summed E-state index contributed by atoms with van der Waals surface area (Å²) in [6.45, 7) is 6.37. The molecule has 0 saturated carbocycles. The van der Waals surface area contributed by atoms with Crippen LogP contribution in [0.25, 0.3) is 0 Å². The van der Waals surface area contributed by atoms with Gasteiger partial charge in [-0.05, 0) is 107 Å². The minimum Gasteiger partial charge on any atom is -0.480 e. The van der Waals surface area contributed by atoms with Crippen LogP contribution in [0, 0.1) is 49.2 Å². The highest BCUT2D eigenvalue weighted by Gasteiger charge is 2.42. The number of nitrogens with two attached hydrogens (primary N) is 1. The Balaban J connectivity index is 0.000000239. The van der Waals surface area contributed by atoms with Crippen LogP contribution in [-0.2, 0) is 65.5 Å². The summed E-state index contributed by atoms with van der Waals surface area (Å²) in [6.07, 6.45) is 0.143. The molecule has 8 aromatic rings. The fourth-order valence-electron chi connectivity index (χ4n) is 10.5. The van der Waals surface area contributed by atoms with E-state index in [0.29, 0.717) is 35.1 Å². The van der Waals surface area contributed by atoms with Crippen molar-refractivity contribution in [2.75, 3.05) is 41.4 Å². The molecular weight excluding hydrogens is 1250 g/mol. The predicted octanol–water partition coefficient (Wildman–Crippen LogP) is 10.1. The van der Waals surface area contributed by atoms with Gasteiger partial charge < -0.3 is 24.4 Å². The second-order valence-electron chi connectivity index (χ2n) is 22.2. The van der Waals surface area contributed by atoms with E-state index in [2.05, 4.69) is 33.5 Å². The third-order valence-electron chi connectivity index (χ3n) is 15.5. The Hall–Kier alpha value is -10.0. The van der Waals surface area contributed by atoms with Crippen molar-refractivity contribution >= 4 is 44.1 Å². The fraction of sp³-hybridized carbons (Fsp3) is 0.243. The number of nitrogens with zero attached hydrogens (tertiary/aromatic N) is 4. The molecule has 0 fully saturated rings. The first-order valence-corrected chi connectivity index (χ1v) is 33.0. The van der Waals surface area contributed by atoms with Crippen molar-refractivity contribution in [2.45, 2.75) is 77.5 Å². The van der Waals surface area contributed by atoms with Gasteiger partial charge in [-0.3, -0.25) is 14.4 Å². The number of aryl methyl sites for hydroxylation is 2. The number of benzene rings is 8. The van der Waals surface area contributed by atoms with E-state index < -0.39 is 56.2 Å². The summed E-state index contributed by atoms with van der Waals surface area (Å²) < 4.78 is 94.3. The van der Waals surface area contributed by atoms with Crippen molar-refractivity contribution in [1.29, 1.82) is 0 Å². The van der Waals surface area contributed by atoms with Crippen LogP contribution in [0.1, 0.15) is 93.8 Å². The van der Waals surface area contributed by atoms with Gasteiger partial charge in [0, 0.05) is 77.7 Å². The van der Waals surface area contributed by atoms with E-state index in [1.807, 2.05) is 159 Å². The lowest BCUT2D eigenvalue weighted by molar-refractivity contribution is -0.151. The average molecular weight is 1330 g/mol. The molecule has 0 aromatic heterocycles. The molecule has 0 radical (unpaired) electrons. The fourth-order valence-corrected chi connectivity index (χ4v) is 11.1. The van der Waals surface area contributed by atoms with Crippen LogP contribution in [0.3, 0.4) is 0 Å². The van der Waals surface area contributed by atoms with E-state index >= 15 is 0 Å². The number of amides is 3. The maximum absolute atomic E-state index is 14.6. The monoisotopic (exact) mass is 1330 g/mol. The van der Waals surface area contributed by atoms with Gasteiger partial charge in [-0.15, -0.1) is 0 Å². The highest BCUT2D eigenvalue weighted by molar-refractivity contribution is 7.87. The maximum Gasteiger partial charge on any atom is 0.326 e. The summed E-state index contributed by atoms with van der Waals surface area (Å²) in [4.78, 5) is 57.9. The highest BCUT2D eigenvalue weighted by Crippen LogP contribution is 2.39. The Kier molecular flexibility index (Phi) is 25.2. The van der Waals surface area contributed by atoms with E-state index in [1.165, 1.54) is 62.3 Å². The van der Waals surface area contributed by atoms with Gasteiger partial charge in [0.25, 0.3) is 16.1 Å². The number of carbonyl (C=O) groups excluding carboxylic acids is 3. The van der Waals surface area contributed by atoms with E-state index in [1.54, 1.807) is 31.2 Å². The summed E-state index contributed by atoms with van der Waals surface area (Å²) >= 11 is 0. The van der Waals surface area contributed by atoms with Crippen molar-refractivity contribution in [3.63, 3.8) is 0 Å². The molecule has 2 atom stereocenters. The van der Waals surface area contributed by atoms with Crippen LogP contribution in [0.5, 0.6) is 11.5 Å². The normalized spacial score (nSPS) is 14.0. The first-order chi connectivity index (χ1) is 45.8. The first kappa shape index (κ1) is 70.9. The molecule has 0 saturated heterocycles. The molecule has 0 unspecified atom stereocenters. The number of carbonyl (C=O) groups is 4. The van der Waals surface area contributed by atoms with Gasteiger partial charge in [0.2, 0.25) is 11.8 Å². The number of aliphatic carboxylic acids is 1. The molecule has 2 aliphatic heterocycles. The number of rotatable bonds is 15. The molecule has 8 aromatic carbocycles. The second kappa shape index (κ2) is 33.7. The van der Waals surface area contributed by atoms with Gasteiger partial charge in [-0.25, -0.2) is 23.4 Å². The lowest BCUT2D eigenvalue weighted by atomic mass is 9.86. The predicted molar refractivity (Wildman–Crippen MR) is 362 cm³/mol. The Morgan fingerprint density at radius 3 is 1.21 bits per heavy atom. The smallest absolute Gasteiger partial charge is 0.326 e. The third-order valence-corrected chi connectivity index (χ3v) is 17.9. The zero-order valence-corrected chi connectivity index (χ0v) is 55.3. The quantitative estimate of drug-likeness (QED) is 0.0819. The van der Waals surface area contributed by atoms with Gasteiger partial charge >= 0.3 is 16.2 Å². The number of carboxylic acid groups (broad SMARTS) is 1. The number of fused-ring (bicyclic) bond motifs is 2. The summed E-state index contributed by atoms with van der Waals surface area (Å²) in [5, 5.41) is 14.8. The van der Waals surface area contributed by atoms with E-state index in [4.69, 9.17) is 10.8 Å². The Morgan fingerprint density at radius 2 is 0.895 bits per heavy atom. The van der Waals surface area contributed by atoms with Crippen LogP contribution >= 0.6 is 0 Å². The Bertz CT molecular complexity index is 4270. The number of nitrogens with one attached hydrogen (secondary N) is 1. The molecule has 10 rings (SSSR count).